The highest BCUT2D eigenvalue weighted by atomic mass is 16.5. The second-order valence-corrected chi connectivity index (χ2v) is 4.90. The molecule has 1 N–H and O–H groups in total. The van der Waals surface area contributed by atoms with Gasteiger partial charge in [0.05, 0.1) is 6.61 Å². The van der Waals surface area contributed by atoms with E-state index in [2.05, 4.69) is 9.97 Å². The van der Waals surface area contributed by atoms with E-state index in [1.165, 1.54) is 6.33 Å². The summed E-state index contributed by atoms with van der Waals surface area (Å²) in [4.78, 5) is 21.5. The number of ether oxygens (including phenoxy) is 1. The molecular weight excluding hydrogens is 246 g/mol. The van der Waals surface area contributed by atoms with Crippen molar-refractivity contribution in [1.82, 2.24) is 9.97 Å². The van der Waals surface area contributed by atoms with Crippen molar-refractivity contribution in [3.63, 3.8) is 0 Å². The molecule has 0 saturated carbocycles. The average molecular weight is 265 g/mol. The van der Waals surface area contributed by atoms with Gasteiger partial charge in [0.25, 0.3) is 0 Å². The number of aliphatic carboxylic acids is 1. The highest BCUT2D eigenvalue weighted by molar-refractivity contribution is 5.83. The molecule has 0 spiro atoms. The third-order valence-corrected chi connectivity index (χ3v) is 3.46. The number of hydrogen-bond donors (Lipinski definition) is 1. The maximum atomic E-state index is 11.4. The molecule has 1 aliphatic heterocycles. The third-order valence-electron chi connectivity index (χ3n) is 3.46. The normalized spacial score (nSPS) is 22.5. The highest BCUT2D eigenvalue weighted by Gasteiger charge is 2.44. The Balaban J connectivity index is 2.23. The van der Waals surface area contributed by atoms with Gasteiger partial charge in [0, 0.05) is 12.6 Å². The van der Waals surface area contributed by atoms with Crippen molar-refractivity contribution in [3.8, 4) is 5.88 Å². The zero-order chi connectivity index (χ0) is 13.9. The fourth-order valence-electron chi connectivity index (χ4n) is 2.32. The lowest BCUT2D eigenvalue weighted by Crippen LogP contribution is -2.48. The number of anilines is 1. The summed E-state index contributed by atoms with van der Waals surface area (Å²) in [6, 6.07) is 1.71. The van der Waals surface area contributed by atoms with Gasteiger partial charge < -0.3 is 14.7 Å². The quantitative estimate of drug-likeness (QED) is 0.873. The van der Waals surface area contributed by atoms with Crippen LogP contribution in [0.3, 0.4) is 0 Å². The van der Waals surface area contributed by atoms with Gasteiger partial charge in [-0.15, -0.1) is 0 Å². The summed E-state index contributed by atoms with van der Waals surface area (Å²) >= 11 is 0. The minimum atomic E-state index is -0.892. The number of hydrogen-bond acceptors (Lipinski definition) is 5. The minimum Gasteiger partial charge on any atom is -0.480 e. The smallest absolute Gasteiger partial charge is 0.329 e. The standard InChI is InChI=1S/C13H19N3O3/c1-3-7-19-11-8-10(14-9-15-11)16-6-4-5-13(16,2)12(17)18/h8-9H,3-7H2,1-2H3,(H,17,18). The molecule has 6 heteroatoms. The van der Waals surface area contributed by atoms with Crippen molar-refractivity contribution in [2.24, 2.45) is 0 Å². The molecule has 0 radical (unpaired) electrons. The van der Waals surface area contributed by atoms with Crippen LogP contribution in [0.25, 0.3) is 0 Å². The molecule has 0 aliphatic carbocycles. The molecule has 19 heavy (non-hydrogen) atoms. The SMILES string of the molecule is CCCOc1cc(N2CCCC2(C)C(=O)O)ncn1. The van der Waals surface area contributed by atoms with E-state index in [0.29, 0.717) is 31.3 Å². The van der Waals surface area contributed by atoms with E-state index in [-0.39, 0.29) is 0 Å². The lowest BCUT2D eigenvalue weighted by molar-refractivity contribution is -0.142. The van der Waals surface area contributed by atoms with Crippen LogP contribution in [0.1, 0.15) is 33.1 Å². The Hall–Kier alpha value is -1.85. The van der Waals surface area contributed by atoms with Gasteiger partial charge in [-0.25, -0.2) is 14.8 Å². The van der Waals surface area contributed by atoms with E-state index in [4.69, 9.17) is 4.74 Å². The van der Waals surface area contributed by atoms with Crippen molar-refractivity contribution in [2.45, 2.75) is 38.6 Å². The fourth-order valence-corrected chi connectivity index (χ4v) is 2.32. The van der Waals surface area contributed by atoms with Gasteiger partial charge in [-0.3, -0.25) is 0 Å². The molecule has 1 fully saturated rings. The molecule has 0 bridgehead atoms. The van der Waals surface area contributed by atoms with Crippen LogP contribution in [0.4, 0.5) is 5.82 Å². The predicted molar refractivity (Wildman–Crippen MR) is 70.4 cm³/mol. The van der Waals surface area contributed by atoms with Crippen molar-refractivity contribution in [1.29, 1.82) is 0 Å². The molecule has 1 unspecified atom stereocenters. The summed E-state index contributed by atoms with van der Waals surface area (Å²) in [5.74, 6) is 0.287. The van der Waals surface area contributed by atoms with Crippen LogP contribution < -0.4 is 9.64 Å². The van der Waals surface area contributed by atoms with Crippen LogP contribution in [0.5, 0.6) is 5.88 Å². The second-order valence-electron chi connectivity index (χ2n) is 4.90. The average Bonchev–Trinajstić information content (AvgIpc) is 2.80. The number of carboxylic acid groups (broad SMARTS) is 1. The van der Waals surface area contributed by atoms with Crippen LogP contribution in [0, 0.1) is 0 Å². The van der Waals surface area contributed by atoms with Crippen molar-refractivity contribution >= 4 is 11.8 Å². The molecule has 1 atom stereocenters. The molecule has 104 valence electrons. The van der Waals surface area contributed by atoms with Gasteiger partial charge in [0.1, 0.15) is 17.7 Å². The van der Waals surface area contributed by atoms with E-state index < -0.39 is 11.5 Å². The first kappa shape index (κ1) is 13.6. The maximum Gasteiger partial charge on any atom is 0.329 e. The first-order chi connectivity index (χ1) is 9.08. The van der Waals surface area contributed by atoms with Crippen LogP contribution >= 0.6 is 0 Å². The Kier molecular flexibility index (Phi) is 3.87. The van der Waals surface area contributed by atoms with Crippen LogP contribution in [0.15, 0.2) is 12.4 Å². The minimum absolute atomic E-state index is 0.492. The molecule has 2 rings (SSSR count). The molecule has 1 aliphatic rings. The topological polar surface area (TPSA) is 75.5 Å². The Morgan fingerprint density at radius 1 is 1.58 bits per heavy atom. The Morgan fingerprint density at radius 3 is 3.05 bits per heavy atom. The van der Waals surface area contributed by atoms with Crippen molar-refractivity contribution in [3.05, 3.63) is 12.4 Å². The van der Waals surface area contributed by atoms with E-state index >= 15 is 0 Å². The monoisotopic (exact) mass is 265 g/mol. The predicted octanol–water partition coefficient (Wildman–Crippen LogP) is 1.71. The molecule has 2 heterocycles. The lowest BCUT2D eigenvalue weighted by Gasteiger charge is -2.32. The Bertz CT molecular complexity index is 466. The van der Waals surface area contributed by atoms with Gasteiger partial charge in [0.15, 0.2) is 0 Å². The molecule has 1 aromatic heterocycles. The van der Waals surface area contributed by atoms with Gasteiger partial charge in [0.2, 0.25) is 5.88 Å². The Labute approximate surface area is 112 Å². The van der Waals surface area contributed by atoms with E-state index in [0.717, 1.165) is 12.8 Å². The fraction of sp³-hybridized carbons (Fsp3) is 0.615. The molecular formula is C13H19N3O3. The van der Waals surface area contributed by atoms with E-state index in [9.17, 15) is 9.90 Å². The van der Waals surface area contributed by atoms with Gasteiger partial charge in [-0.05, 0) is 26.2 Å². The number of nitrogens with zero attached hydrogens (tertiary/aromatic N) is 3. The summed E-state index contributed by atoms with van der Waals surface area (Å²) in [5, 5.41) is 9.40. The number of carbonyl (C=O) groups is 1. The Morgan fingerprint density at radius 2 is 2.37 bits per heavy atom. The third kappa shape index (κ3) is 2.62. The van der Waals surface area contributed by atoms with E-state index in [1.54, 1.807) is 13.0 Å². The summed E-state index contributed by atoms with van der Waals surface area (Å²) in [5.41, 5.74) is -0.892. The lowest BCUT2D eigenvalue weighted by atomic mass is 9.99. The largest absolute Gasteiger partial charge is 0.480 e. The first-order valence-electron chi connectivity index (χ1n) is 6.54. The summed E-state index contributed by atoms with van der Waals surface area (Å²) in [6.45, 7) is 5.03. The number of rotatable bonds is 5. The zero-order valence-electron chi connectivity index (χ0n) is 11.3. The molecule has 1 saturated heterocycles. The van der Waals surface area contributed by atoms with Gasteiger partial charge in [-0.1, -0.05) is 6.92 Å². The van der Waals surface area contributed by atoms with Crippen LogP contribution in [0.2, 0.25) is 0 Å². The molecule has 0 amide bonds. The molecule has 1 aromatic rings. The van der Waals surface area contributed by atoms with Crippen molar-refractivity contribution < 1.29 is 14.6 Å². The first-order valence-corrected chi connectivity index (χ1v) is 6.54. The zero-order valence-corrected chi connectivity index (χ0v) is 11.3. The van der Waals surface area contributed by atoms with Gasteiger partial charge >= 0.3 is 5.97 Å². The van der Waals surface area contributed by atoms with Gasteiger partial charge in [-0.2, -0.15) is 0 Å². The number of aromatic nitrogens is 2. The summed E-state index contributed by atoms with van der Waals surface area (Å²) < 4.78 is 5.46. The van der Waals surface area contributed by atoms with Crippen LogP contribution in [-0.4, -0.2) is 39.7 Å². The summed E-state index contributed by atoms with van der Waals surface area (Å²) in [6.07, 6.45) is 3.78. The maximum absolute atomic E-state index is 11.4. The van der Waals surface area contributed by atoms with Crippen LogP contribution in [-0.2, 0) is 4.79 Å². The van der Waals surface area contributed by atoms with E-state index in [1.807, 2.05) is 11.8 Å². The molecule has 0 aromatic carbocycles. The number of carboxylic acids is 1. The highest BCUT2D eigenvalue weighted by Crippen LogP contribution is 2.33. The van der Waals surface area contributed by atoms with Crippen molar-refractivity contribution in [2.75, 3.05) is 18.1 Å². The second kappa shape index (κ2) is 5.42. The summed E-state index contributed by atoms with van der Waals surface area (Å²) in [7, 11) is 0. The molecule has 6 nitrogen and oxygen atoms in total.